The van der Waals surface area contributed by atoms with E-state index in [1.807, 2.05) is 13.0 Å². The minimum Gasteiger partial charge on any atom is -0.490 e. The van der Waals surface area contributed by atoms with E-state index in [4.69, 9.17) is 27.9 Å². The summed E-state index contributed by atoms with van der Waals surface area (Å²) in [5.74, 6) is 0.848. The number of piperidine rings is 1. The van der Waals surface area contributed by atoms with Crippen LogP contribution in [0.4, 0.5) is 0 Å². The number of hydrogen-bond acceptors (Lipinski definition) is 2. The van der Waals surface area contributed by atoms with E-state index in [9.17, 15) is 0 Å². The van der Waals surface area contributed by atoms with Crippen LogP contribution in [0.2, 0.25) is 10.0 Å². The van der Waals surface area contributed by atoms with Gasteiger partial charge in [0, 0.05) is 5.56 Å². The molecule has 1 aromatic rings. The molecule has 1 fully saturated rings. The second kappa shape index (κ2) is 6.69. The molecule has 2 nitrogen and oxygen atoms in total. The van der Waals surface area contributed by atoms with E-state index >= 15 is 0 Å². The third kappa shape index (κ3) is 3.65. The molecule has 1 heterocycles. The smallest absolute Gasteiger partial charge is 0.124 e. The second-order valence-electron chi connectivity index (χ2n) is 4.05. The third-order valence-corrected chi connectivity index (χ3v) is 3.77. The van der Waals surface area contributed by atoms with Gasteiger partial charge in [0.05, 0.1) is 10.0 Å². The van der Waals surface area contributed by atoms with Gasteiger partial charge in [-0.1, -0.05) is 23.2 Å². The standard InChI is InChI=1S/C12H15Cl2NO.ClH/c1-8-11(3-2-10(13)12(8)14)16-9-4-6-15-7-5-9;/h2-3,9,15H,4-7H2,1H3;1H. The topological polar surface area (TPSA) is 21.3 Å². The van der Waals surface area contributed by atoms with Crippen molar-refractivity contribution in [3.63, 3.8) is 0 Å². The van der Waals surface area contributed by atoms with Crippen molar-refractivity contribution in [1.82, 2.24) is 5.32 Å². The van der Waals surface area contributed by atoms with Crippen molar-refractivity contribution in [1.29, 1.82) is 0 Å². The monoisotopic (exact) mass is 295 g/mol. The highest BCUT2D eigenvalue weighted by molar-refractivity contribution is 6.42. The van der Waals surface area contributed by atoms with Crippen molar-refractivity contribution in [3.05, 3.63) is 27.7 Å². The van der Waals surface area contributed by atoms with Gasteiger partial charge < -0.3 is 10.1 Å². The van der Waals surface area contributed by atoms with E-state index in [0.29, 0.717) is 10.0 Å². The molecule has 1 aromatic carbocycles. The Hall–Kier alpha value is -0.150. The molecule has 0 spiro atoms. The number of benzene rings is 1. The quantitative estimate of drug-likeness (QED) is 0.895. The van der Waals surface area contributed by atoms with Crippen molar-refractivity contribution >= 4 is 35.6 Å². The molecule has 0 radical (unpaired) electrons. The van der Waals surface area contributed by atoms with Gasteiger partial charge in [-0.25, -0.2) is 0 Å². The number of rotatable bonds is 2. The van der Waals surface area contributed by atoms with Crippen molar-refractivity contribution in [2.75, 3.05) is 13.1 Å². The molecular weight excluding hydrogens is 280 g/mol. The van der Waals surface area contributed by atoms with E-state index < -0.39 is 0 Å². The van der Waals surface area contributed by atoms with Crippen LogP contribution in [0.25, 0.3) is 0 Å². The highest BCUT2D eigenvalue weighted by Crippen LogP contribution is 2.33. The molecule has 96 valence electrons. The Balaban J connectivity index is 0.00000144. The van der Waals surface area contributed by atoms with Gasteiger partial charge in [0.15, 0.2) is 0 Å². The summed E-state index contributed by atoms with van der Waals surface area (Å²) in [4.78, 5) is 0. The average Bonchev–Trinajstić information content (AvgIpc) is 2.31. The maximum atomic E-state index is 6.08. The lowest BCUT2D eigenvalue weighted by Crippen LogP contribution is -2.34. The van der Waals surface area contributed by atoms with E-state index in [0.717, 1.165) is 37.2 Å². The molecule has 2 rings (SSSR count). The SMILES string of the molecule is Cc1c(OC2CCNCC2)ccc(Cl)c1Cl.Cl. The molecule has 0 aliphatic carbocycles. The highest BCUT2D eigenvalue weighted by Gasteiger charge is 2.16. The zero-order chi connectivity index (χ0) is 11.5. The summed E-state index contributed by atoms with van der Waals surface area (Å²) in [6, 6.07) is 3.68. The number of ether oxygens (including phenoxy) is 1. The van der Waals surface area contributed by atoms with Gasteiger partial charge in [0.25, 0.3) is 0 Å². The predicted octanol–water partition coefficient (Wildman–Crippen LogP) is 3.85. The Morgan fingerprint density at radius 1 is 1.24 bits per heavy atom. The molecule has 0 aromatic heterocycles. The fraction of sp³-hybridized carbons (Fsp3) is 0.500. The van der Waals surface area contributed by atoms with Crippen molar-refractivity contribution in [2.45, 2.75) is 25.9 Å². The van der Waals surface area contributed by atoms with Crippen LogP contribution in [0.3, 0.4) is 0 Å². The van der Waals surface area contributed by atoms with Crippen molar-refractivity contribution < 1.29 is 4.74 Å². The van der Waals surface area contributed by atoms with Gasteiger partial charge in [-0.05, 0) is 45.0 Å². The maximum Gasteiger partial charge on any atom is 0.124 e. The van der Waals surface area contributed by atoms with Crippen LogP contribution in [0.1, 0.15) is 18.4 Å². The molecule has 1 saturated heterocycles. The molecular formula is C12H16Cl3NO. The molecule has 0 unspecified atom stereocenters. The molecule has 17 heavy (non-hydrogen) atoms. The van der Waals surface area contributed by atoms with Gasteiger partial charge in [-0.15, -0.1) is 12.4 Å². The van der Waals surface area contributed by atoms with Crippen LogP contribution in [-0.4, -0.2) is 19.2 Å². The van der Waals surface area contributed by atoms with Crippen molar-refractivity contribution in [3.8, 4) is 5.75 Å². The third-order valence-electron chi connectivity index (χ3n) is 2.87. The van der Waals surface area contributed by atoms with Crippen LogP contribution in [0.15, 0.2) is 12.1 Å². The molecule has 1 N–H and O–H groups in total. The minimum atomic E-state index is 0. The first-order chi connectivity index (χ1) is 7.68. The van der Waals surface area contributed by atoms with Crippen LogP contribution >= 0.6 is 35.6 Å². The number of halogens is 3. The normalized spacial score (nSPS) is 16.4. The van der Waals surface area contributed by atoms with Gasteiger partial charge in [0.2, 0.25) is 0 Å². The number of nitrogens with one attached hydrogen (secondary N) is 1. The van der Waals surface area contributed by atoms with Gasteiger partial charge in [-0.3, -0.25) is 0 Å². The lowest BCUT2D eigenvalue weighted by molar-refractivity contribution is 0.161. The molecule has 0 amide bonds. The summed E-state index contributed by atoms with van der Waals surface area (Å²) in [6.45, 7) is 3.97. The summed E-state index contributed by atoms with van der Waals surface area (Å²) in [6.07, 6.45) is 2.37. The lowest BCUT2D eigenvalue weighted by atomic mass is 10.1. The molecule has 5 heteroatoms. The number of hydrogen-bond donors (Lipinski definition) is 1. The Labute approximate surface area is 118 Å². The second-order valence-corrected chi connectivity index (χ2v) is 4.84. The summed E-state index contributed by atoms with van der Waals surface area (Å²) >= 11 is 12.0. The highest BCUT2D eigenvalue weighted by atomic mass is 35.5. The van der Waals surface area contributed by atoms with Gasteiger partial charge >= 0.3 is 0 Å². The fourth-order valence-corrected chi connectivity index (χ4v) is 2.22. The summed E-state index contributed by atoms with van der Waals surface area (Å²) < 4.78 is 5.94. The average molecular weight is 297 g/mol. The fourth-order valence-electron chi connectivity index (χ4n) is 1.85. The predicted molar refractivity (Wildman–Crippen MR) is 75.0 cm³/mol. The first kappa shape index (κ1) is 14.9. The first-order valence-corrected chi connectivity index (χ1v) is 6.26. The Morgan fingerprint density at radius 2 is 1.88 bits per heavy atom. The van der Waals surface area contributed by atoms with Crippen LogP contribution in [0.5, 0.6) is 5.75 Å². The van der Waals surface area contributed by atoms with Crippen LogP contribution in [-0.2, 0) is 0 Å². The van der Waals surface area contributed by atoms with Crippen LogP contribution < -0.4 is 10.1 Å². The Bertz CT molecular complexity index is 378. The van der Waals surface area contributed by atoms with Gasteiger partial charge in [0.1, 0.15) is 11.9 Å². The molecule has 1 aliphatic heterocycles. The van der Waals surface area contributed by atoms with Crippen LogP contribution in [0, 0.1) is 6.92 Å². The van der Waals surface area contributed by atoms with Crippen molar-refractivity contribution in [2.24, 2.45) is 0 Å². The summed E-state index contributed by atoms with van der Waals surface area (Å²) in [7, 11) is 0. The van der Waals surface area contributed by atoms with E-state index in [1.165, 1.54) is 0 Å². The zero-order valence-electron chi connectivity index (χ0n) is 9.63. The molecule has 0 bridgehead atoms. The first-order valence-electron chi connectivity index (χ1n) is 5.50. The summed E-state index contributed by atoms with van der Waals surface area (Å²) in [5.41, 5.74) is 0.924. The molecule has 0 saturated carbocycles. The lowest BCUT2D eigenvalue weighted by Gasteiger charge is -2.25. The van der Waals surface area contributed by atoms with E-state index in [1.54, 1.807) is 6.07 Å². The summed E-state index contributed by atoms with van der Waals surface area (Å²) in [5, 5.41) is 4.48. The molecule has 0 atom stereocenters. The Morgan fingerprint density at radius 3 is 2.53 bits per heavy atom. The zero-order valence-corrected chi connectivity index (χ0v) is 12.0. The minimum absolute atomic E-state index is 0. The molecule has 1 aliphatic rings. The largest absolute Gasteiger partial charge is 0.490 e. The van der Waals surface area contributed by atoms with E-state index in [-0.39, 0.29) is 18.5 Å². The van der Waals surface area contributed by atoms with Gasteiger partial charge in [-0.2, -0.15) is 0 Å². The maximum absolute atomic E-state index is 6.08. The Kier molecular flexibility index (Phi) is 5.87. The van der Waals surface area contributed by atoms with E-state index in [2.05, 4.69) is 5.32 Å².